The lowest BCUT2D eigenvalue weighted by molar-refractivity contribution is 0.385. The maximum Gasteiger partial charge on any atom is 0.238 e. The molecule has 0 aliphatic rings. The minimum absolute atomic E-state index is 0.284. The van der Waals surface area contributed by atoms with Gasteiger partial charge in [-0.25, -0.2) is 0 Å². The number of hydrogen-bond donors (Lipinski definition) is 0. The van der Waals surface area contributed by atoms with Crippen LogP contribution >= 0.6 is 0 Å². The molecular weight excluding hydrogens is 154 g/mol. The van der Waals surface area contributed by atoms with E-state index in [2.05, 4.69) is 15.2 Å². The Morgan fingerprint density at radius 2 is 1.92 bits per heavy atom. The van der Waals surface area contributed by atoms with Gasteiger partial charge in [0.1, 0.15) is 5.69 Å². The fourth-order valence-corrected chi connectivity index (χ4v) is 0.814. The molecule has 1 aromatic heterocycles. The number of aryl methyl sites for hydroxylation is 1. The highest BCUT2D eigenvalue weighted by atomic mass is 16.5. The Morgan fingerprint density at radius 1 is 1.25 bits per heavy atom. The first-order valence-corrected chi connectivity index (χ1v) is 3.90. The van der Waals surface area contributed by atoms with Crippen LogP contribution in [0.2, 0.25) is 0 Å². The van der Waals surface area contributed by atoms with Gasteiger partial charge in [-0.3, -0.25) is 0 Å². The summed E-state index contributed by atoms with van der Waals surface area (Å²) in [6, 6.07) is 0. The van der Waals surface area contributed by atoms with E-state index in [1.807, 2.05) is 20.8 Å². The van der Waals surface area contributed by atoms with E-state index in [-0.39, 0.29) is 5.92 Å². The molecule has 0 unspecified atom stereocenters. The summed E-state index contributed by atoms with van der Waals surface area (Å²) in [7, 11) is 1.58. The van der Waals surface area contributed by atoms with Crippen molar-refractivity contribution in [2.45, 2.75) is 26.7 Å². The number of ether oxygens (including phenoxy) is 1. The Hall–Kier alpha value is -1.19. The lowest BCUT2D eigenvalue weighted by atomic mass is 10.2. The van der Waals surface area contributed by atoms with E-state index in [1.165, 1.54) is 0 Å². The molecule has 0 spiro atoms. The number of nitrogens with zero attached hydrogens (tertiary/aromatic N) is 3. The summed E-state index contributed by atoms with van der Waals surface area (Å²) in [5.41, 5.74) is 0.724. The van der Waals surface area contributed by atoms with Crippen LogP contribution in [0.5, 0.6) is 5.88 Å². The van der Waals surface area contributed by atoms with E-state index in [0.717, 1.165) is 11.5 Å². The summed E-state index contributed by atoms with van der Waals surface area (Å²) in [4.78, 5) is 4.19. The van der Waals surface area contributed by atoms with Gasteiger partial charge in [-0.15, -0.1) is 10.2 Å². The summed E-state index contributed by atoms with van der Waals surface area (Å²) in [6.45, 7) is 5.86. The topological polar surface area (TPSA) is 47.9 Å². The molecule has 0 aliphatic carbocycles. The van der Waals surface area contributed by atoms with Gasteiger partial charge in [-0.05, 0) is 6.92 Å². The zero-order valence-corrected chi connectivity index (χ0v) is 7.83. The van der Waals surface area contributed by atoms with Crippen LogP contribution in [0.3, 0.4) is 0 Å². The summed E-state index contributed by atoms with van der Waals surface area (Å²) in [5, 5.41) is 7.88. The van der Waals surface area contributed by atoms with Crippen molar-refractivity contribution in [2.24, 2.45) is 0 Å². The average molecular weight is 167 g/mol. The minimum atomic E-state index is 0.284. The van der Waals surface area contributed by atoms with Crippen molar-refractivity contribution < 1.29 is 4.74 Å². The van der Waals surface area contributed by atoms with Gasteiger partial charge < -0.3 is 4.74 Å². The lowest BCUT2D eigenvalue weighted by Gasteiger charge is -2.05. The number of methoxy groups -OCH3 is 1. The molecule has 0 saturated heterocycles. The van der Waals surface area contributed by atoms with Crippen molar-refractivity contribution in [3.63, 3.8) is 0 Å². The summed E-state index contributed by atoms with van der Waals surface area (Å²) >= 11 is 0. The zero-order valence-electron chi connectivity index (χ0n) is 7.83. The van der Waals surface area contributed by atoms with E-state index in [4.69, 9.17) is 4.74 Å². The van der Waals surface area contributed by atoms with Crippen molar-refractivity contribution >= 4 is 0 Å². The molecule has 0 N–H and O–H groups in total. The molecule has 0 fully saturated rings. The van der Waals surface area contributed by atoms with Gasteiger partial charge >= 0.3 is 0 Å². The summed E-state index contributed by atoms with van der Waals surface area (Å²) in [6.07, 6.45) is 0. The molecule has 0 atom stereocenters. The molecule has 66 valence electrons. The van der Waals surface area contributed by atoms with E-state index in [9.17, 15) is 0 Å². The van der Waals surface area contributed by atoms with Crippen LogP contribution in [-0.2, 0) is 0 Å². The largest absolute Gasteiger partial charge is 0.480 e. The first-order valence-electron chi connectivity index (χ1n) is 3.90. The third-order valence-corrected chi connectivity index (χ3v) is 1.54. The van der Waals surface area contributed by atoms with Crippen LogP contribution in [0.1, 0.15) is 31.3 Å². The van der Waals surface area contributed by atoms with Crippen LogP contribution in [0.25, 0.3) is 0 Å². The molecule has 0 radical (unpaired) electrons. The van der Waals surface area contributed by atoms with Crippen LogP contribution in [-0.4, -0.2) is 22.3 Å². The molecule has 1 heterocycles. The standard InChI is InChI=1S/C8H13N3O/c1-5(2)7-9-8(12-4)6(3)10-11-7/h5H,1-4H3. The Labute approximate surface area is 72.0 Å². The molecule has 12 heavy (non-hydrogen) atoms. The monoisotopic (exact) mass is 167 g/mol. The summed E-state index contributed by atoms with van der Waals surface area (Å²) in [5.74, 6) is 1.57. The van der Waals surface area contributed by atoms with Gasteiger partial charge in [0, 0.05) is 5.92 Å². The van der Waals surface area contributed by atoms with Crippen molar-refractivity contribution in [1.29, 1.82) is 0 Å². The predicted molar refractivity (Wildman–Crippen MR) is 45.2 cm³/mol. The smallest absolute Gasteiger partial charge is 0.238 e. The Kier molecular flexibility index (Phi) is 2.58. The molecule has 0 amide bonds. The average Bonchev–Trinajstić information content (AvgIpc) is 2.05. The Morgan fingerprint density at radius 3 is 2.42 bits per heavy atom. The third kappa shape index (κ3) is 1.69. The molecule has 0 aromatic carbocycles. The first kappa shape index (κ1) is 8.90. The molecule has 0 aliphatic heterocycles. The van der Waals surface area contributed by atoms with Crippen LogP contribution in [0.15, 0.2) is 0 Å². The second kappa shape index (κ2) is 3.47. The molecule has 1 aromatic rings. The predicted octanol–water partition coefficient (Wildman–Crippen LogP) is 1.31. The quantitative estimate of drug-likeness (QED) is 0.666. The number of rotatable bonds is 2. The molecule has 0 bridgehead atoms. The van der Waals surface area contributed by atoms with Crippen LogP contribution in [0.4, 0.5) is 0 Å². The van der Waals surface area contributed by atoms with Gasteiger partial charge in [-0.1, -0.05) is 13.8 Å². The highest BCUT2D eigenvalue weighted by Gasteiger charge is 2.07. The molecule has 4 nitrogen and oxygen atoms in total. The highest BCUT2D eigenvalue weighted by molar-refractivity contribution is 5.15. The van der Waals surface area contributed by atoms with Crippen LogP contribution in [0, 0.1) is 6.92 Å². The van der Waals surface area contributed by atoms with E-state index < -0.39 is 0 Å². The molecule has 0 saturated carbocycles. The highest BCUT2D eigenvalue weighted by Crippen LogP contribution is 2.14. The SMILES string of the molecule is COc1nc(C(C)C)nnc1C. The molecule has 4 heteroatoms. The fraction of sp³-hybridized carbons (Fsp3) is 0.625. The third-order valence-electron chi connectivity index (χ3n) is 1.54. The van der Waals surface area contributed by atoms with Crippen molar-refractivity contribution in [2.75, 3.05) is 7.11 Å². The molecule has 1 rings (SSSR count). The normalized spacial score (nSPS) is 10.4. The van der Waals surface area contributed by atoms with Crippen molar-refractivity contribution in [3.05, 3.63) is 11.5 Å². The maximum atomic E-state index is 5.02. The van der Waals surface area contributed by atoms with Gasteiger partial charge in [-0.2, -0.15) is 4.98 Å². The Balaban J connectivity index is 3.05. The van der Waals surface area contributed by atoms with Gasteiger partial charge in [0.25, 0.3) is 0 Å². The van der Waals surface area contributed by atoms with Gasteiger partial charge in [0.2, 0.25) is 5.88 Å². The fourth-order valence-electron chi connectivity index (χ4n) is 0.814. The minimum Gasteiger partial charge on any atom is -0.480 e. The maximum absolute atomic E-state index is 5.02. The number of hydrogen-bond acceptors (Lipinski definition) is 4. The number of aromatic nitrogens is 3. The lowest BCUT2D eigenvalue weighted by Crippen LogP contribution is -2.04. The van der Waals surface area contributed by atoms with E-state index in [0.29, 0.717) is 5.88 Å². The van der Waals surface area contributed by atoms with E-state index >= 15 is 0 Å². The molecular formula is C8H13N3O. The van der Waals surface area contributed by atoms with Gasteiger partial charge in [0.05, 0.1) is 7.11 Å². The second-order valence-corrected chi connectivity index (χ2v) is 2.92. The van der Waals surface area contributed by atoms with Crippen LogP contribution < -0.4 is 4.74 Å². The van der Waals surface area contributed by atoms with Gasteiger partial charge in [0.15, 0.2) is 5.82 Å². The second-order valence-electron chi connectivity index (χ2n) is 2.92. The summed E-state index contributed by atoms with van der Waals surface area (Å²) < 4.78 is 5.02. The van der Waals surface area contributed by atoms with Crippen molar-refractivity contribution in [3.8, 4) is 5.88 Å². The Bertz CT molecular complexity index is 273. The first-order chi connectivity index (χ1) is 5.65. The zero-order chi connectivity index (χ0) is 9.14. The van der Waals surface area contributed by atoms with E-state index in [1.54, 1.807) is 7.11 Å². The van der Waals surface area contributed by atoms with Crippen molar-refractivity contribution in [1.82, 2.24) is 15.2 Å².